The third-order valence-electron chi connectivity index (χ3n) is 5.01. The number of nitrogens with one attached hydrogen (secondary N) is 1. The third-order valence-corrected chi connectivity index (χ3v) is 5.01. The van der Waals surface area contributed by atoms with Crippen LogP contribution < -0.4 is 20.9 Å². The van der Waals surface area contributed by atoms with Gasteiger partial charge in [-0.1, -0.05) is 18.2 Å². The molecule has 0 amide bonds. The highest BCUT2D eigenvalue weighted by Crippen LogP contribution is 2.33. The summed E-state index contributed by atoms with van der Waals surface area (Å²) in [6.45, 7) is 0. The highest BCUT2D eigenvalue weighted by Gasteiger charge is 2.22. The van der Waals surface area contributed by atoms with Gasteiger partial charge in [0.15, 0.2) is 0 Å². The van der Waals surface area contributed by atoms with E-state index < -0.39 is 0 Å². The number of nitrogens with two attached hydrogens (primary N) is 2. The van der Waals surface area contributed by atoms with Crippen LogP contribution >= 0.6 is 24.8 Å². The summed E-state index contributed by atoms with van der Waals surface area (Å²) in [6.07, 6.45) is 3.30. The van der Waals surface area contributed by atoms with E-state index in [0.717, 1.165) is 40.8 Å². The largest absolute Gasteiger partial charge is 0.497 e. The second-order valence-electron chi connectivity index (χ2n) is 6.69. The first-order valence-corrected chi connectivity index (χ1v) is 9.13. The Bertz CT molecular complexity index is 1140. The van der Waals surface area contributed by atoms with Gasteiger partial charge in [0.05, 0.1) is 31.8 Å². The van der Waals surface area contributed by atoms with Gasteiger partial charge >= 0.3 is 0 Å². The second kappa shape index (κ2) is 9.72. The van der Waals surface area contributed by atoms with Crippen molar-refractivity contribution < 1.29 is 9.47 Å². The zero-order valence-electron chi connectivity index (χ0n) is 17.1. The van der Waals surface area contributed by atoms with E-state index in [2.05, 4.69) is 4.98 Å². The van der Waals surface area contributed by atoms with Crippen molar-refractivity contribution >= 4 is 42.3 Å². The number of nitrogen functional groups attached to an aromatic ring is 2. The lowest BCUT2D eigenvalue weighted by molar-refractivity contribution is 0.404. The molecule has 4 rings (SSSR count). The molecule has 0 bridgehead atoms. The van der Waals surface area contributed by atoms with Crippen molar-refractivity contribution in [3.05, 3.63) is 59.3 Å². The van der Waals surface area contributed by atoms with E-state index in [1.807, 2.05) is 36.4 Å². The summed E-state index contributed by atoms with van der Waals surface area (Å²) in [6, 6.07) is 11.2. The Morgan fingerprint density at radius 3 is 2.55 bits per heavy atom. The van der Waals surface area contributed by atoms with Crippen LogP contribution in [0.1, 0.15) is 23.1 Å². The molecule has 0 spiro atoms. The first-order chi connectivity index (χ1) is 14.0. The molecule has 0 unspecified atom stereocenters. The maximum absolute atomic E-state index is 7.78. The van der Waals surface area contributed by atoms with E-state index in [1.165, 1.54) is 0 Å². The molecule has 8 nitrogen and oxygen atoms in total. The standard InChI is InChI=1S/C21H22N6O2.2ClH/c1-28-12-6-9-19(29-2)16(10-12)18-11-27(21(24)25-18)26-17-8-7-13-14(17)4-3-5-15(13)20(22)23;;/h3-6,9-11H,7-8H2,1-2H3,(H3,22,23)(H2,24,25);2*1H/b26-17+;;. The number of imidazole rings is 1. The van der Waals surface area contributed by atoms with Gasteiger partial charge in [0.25, 0.3) is 0 Å². The summed E-state index contributed by atoms with van der Waals surface area (Å²) in [5.41, 5.74) is 16.9. The molecule has 3 aromatic rings. The molecule has 0 aliphatic heterocycles. The minimum Gasteiger partial charge on any atom is -0.497 e. The Hall–Kier alpha value is -3.23. The van der Waals surface area contributed by atoms with Crippen molar-refractivity contribution in [1.29, 1.82) is 5.41 Å². The van der Waals surface area contributed by atoms with Crippen LogP contribution in [0.5, 0.6) is 11.5 Å². The fourth-order valence-electron chi connectivity index (χ4n) is 3.60. The van der Waals surface area contributed by atoms with E-state index in [0.29, 0.717) is 17.2 Å². The molecule has 0 fully saturated rings. The Labute approximate surface area is 192 Å². The van der Waals surface area contributed by atoms with Crippen molar-refractivity contribution in [3.8, 4) is 22.8 Å². The van der Waals surface area contributed by atoms with Crippen LogP contribution in [0.4, 0.5) is 5.95 Å². The molecule has 0 radical (unpaired) electrons. The summed E-state index contributed by atoms with van der Waals surface area (Å²) in [5, 5.41) is 12.5. The molecule has 164 valence electrons. The van der Waals surface area contributed by atoms with Crippen LogP contribution in [0.2, 0.25) is 0 Å². The van der Waals surface area contributed by atoms with E-state index in [1.54, 1.807) is 25.1 Å². The zero-order chi connectivity index (χ0) is 20.5. The highest BCUT2D eigenvalue weighted by atomic mass is 35.5. The fraction of sp³-hybridized carbons (Fsp3) is 0.190. The normalized spacial score (nSPS) is 13.2. The Balaban J connectivity index is 0.00000171. The summed E-state index contributed by atoms with van der Waals surface area (Å²) in [7, 11) is 3.21. The van der Waals surface area contributed by atoms with Crippen molar-refractivity contribution in [1.82, 2.24) is 9.66 Å². The highest BCUT2D eigenvalue weighted by molar-refractivity contribution is 6.08. The Kier molecular flexibility index (Phi) is 7.54. The Morgan fingerprint density at radius 1 is 1.10 bits per heavy atom. The van der Waals surface area contributed by atoms with Crippen molar-refractivity contribution in [3.63, 3.8) is 0 Å². The number of halogens is 2. The lowest BCUT2D eigenvalue weighted by Crippen LogP contribution is -2.13. The lowest BCUT2D eigenvalue weighted by atomic mass is 10.0. The van der Waals surface area contributed by atoms with Gasteiger partial charge in [-0.25, -0.2) is 9.66 Å². The van der Waals surface area contributed by atoms with Gasteiger partial charge < -0.3 is 20.9 Å². The average molecular weight is 463 g/mol. The number of ether oxygens (including phenoxy) is 2. The molecule has 5 N–H and O–H groups in total. The molecular formula is C21H24Cl2N6O2. The van der Waals surface area contributed by atoms with Gasteiger partial charge in [-0.05, 0) is 36.6 Å². The van der Waals surface area contributed by atoms with Gasteiger partial charge in [-0.15, -0.1) is 24.8 Å². The van der Waals surface area contributed by atoms with E-state index in [-0.39, 0.29) is 36.6 Å². The number of methoxy groups -OCH3 is 2. The number of hydrogen-bond donors (Lipinski definition) is 3. The SMILES string of the molecule is COc1ccc(OC)c(-c2cn(/N=C3\CCc4c(C(=N)N)cccc43)c(N)n2)c1.Cl.Cl. The van der Waals surface area contributed by atoms with E-state index >= 15 is 0 Å². The van der Waals surface area contributed by atoms with Crippen LogP contribution in [0, 0.1) is 5.41 Å². The minimum atomic E-state index is 0. The minimum absolute atomic E-state index is 0. The average Bonchev–Trinajstić information content (AvgIpc) is 3.31. The molecule has 2 aromatic carbocycles. The third kappa shape index (κ3) is 4.45. The first-order valence-electron chi connectivity index (χ1n) is 9.13. The summed E-state index contributed by atoms with van der Waals surface area (Å²) < 4.78 is 12.3. The van der Waals surface area contributed by atoms with Crippen LogP contribution in [0.25, 0.3) is 11.3 Å². The molecule has 1 aromatic heterocycles. The Morgan fingerprint density at radius 2 is 1.87 bits per heavy atom. The van der Waals surface area contributed by atoms with Crippen LogP contribution in [-0.4, -0.2) is 35.4 Å². The molecule has 0 saturated heterocycles. The van der Waals surface area contributed by atoms with Gasteiger partial charge in [0, 0.05) is 16.7 Å². The van der Waals surface area contributed by atoms with Crippen LogP contribution in [0.15, 0.2) is 47.7 Å². The smallest absolute Gasteiger partial charge is 0.221 e. The summed E-state index contributed by atoms with van der Waals surface area (Å²) in [4.78, 5) is 4.45. The molecule has 1 aliphatic rings. The summed E-state index contributed by atoms with van der Waals surface area (Å²) in [5.74, 6) is 1.70. The fourth-order valence-corrected chi connectivity index (χ4v) is 3.60. The molecule has 10 heteroatoms. The van der Waals surface area contributed by atoms with E-state index in [9.17, 15) is 0 Å². The predicted molar refractivity (Wildman–Crippen MR) is 127 cm³/mol. The number of anilines is 1. The predicted octanol–water partition coefficient (Wildman–Crippen LogP) is 3.48. The van der Waals surface area contributed by atoms with Gasteiger partial charge in [0.2, 0.25) is 5.95 Å². The maximum atomic E-state index is 7.78. The van der Waals surface area contributed by atoms with Crippen LogP contribution in [0.3, 0.4) is 0 Å². The van der Waals surface area contributed by atoms with Gasteiger partial charge in [-0.3, -0.25) is 5.41 Å². The maximum Gasteiger partial charge on any atom is 0.221 e. The monoisotopic (exact) mass is 462 g/mol. The number of rotatable bonds is 5. The molecule has 0 atom stereocenters. The molecule has 1 aliphatic carbocycles. The van der Waals surface area contributed by atoms with Gasteiger partial charge in [0.1, 0.15) is 17.3 Å². The first kappa shape index (κ1) is 24.0. The molecular weight excluding hydrogens is 439 g/mol. The summed E-state index contributed by atoms with van der Waals surface area (Å²) >= 11 is 0. The molecule has 0 saturated carbocycles. The number of hydrogen-bond acceptors (Lipinski definition) is 6. The van der Waals surface area contributed by atoms with Crippen molar-refractivity contribution in [2.75, 3.05) is 20.0 Å². The number of benzene rings is 2. The van der Waals surface area contributed by atoms with Gasteiger partial charge in [-0.2, -0.15) is 5.10 Å². The number of amidine groups is 1. The molecule has 31 heavy (non-hydrogen) atoms. The second-order valence-corrected chi connectivity index (χ2v) is 6.69. The van der Waals surface area contributed by atoms with Crippen LogP contribution in [-0.2, 0) is 6.42 Å². The zero-order valence-corrected chi connectivity index (χ0v) is 18.7. The number of nitrogens with zero attached hydrogens (tertiary/aromatic N) is 3. The van der Waals surface area contributed by atoms with E-state index in [4.69, 9.17) is 31.5 Å². The lowest BCUT2D eigenvalue weighted by Gasteiger charge is -2.08. The molecule has 1 heterocycles. The van der Waals surface area contributed by atoms with Crippen molar-refractivity contribution in [2.45, 2.75) is 12.8 Å². The topological polar surface area (TPSA) is 125 Å². The number of aromatic nitrogens is 2. The van der Waals surface area contributed by atoms with Crippen molar-refractivity contribution in [2.24, 2.45) is 10.8 Å². The quantitative estimate of drug-likeness (QED) is 0.395. The number of fused-ring (bicyclic) bond motifs is 1.